The number of nitrogens with two attached hydrogens (primary N) is 1. The molecular weight excluding hydrogens is 242 g/mol. The van der Waals surface area contributed by atoms with Crippen LogP contribution in [0.2, 0.25) is 0 Å². The van der Waals surface area contributed by atoms with Crippen LogP contribution < -0.4 is 5.73 Å². The van der Waals surface area contributed by atoms with E-state index in [2.05, 4.69) is 20.9 Å². The first kappa shape index (κ1) is 10.5. The monoisotopic (exact) mass is 250 g/mol. The predicted molar refractivity (Wildman–Crippen MR) is 49.5 cm³/mol. The molecule has 0 spiro atoms. The molecule has 0 saturated heterocycles. The van der Waals surface area contributed by atoms with Crippen molar-refractivity contribution in [1.82, 2.24) is 4.98 Å². The van der Waals surface area contributed by atoms with Crippen LogP contribution >= 0.6 is 15.9 Å². The molecular formula is C8H9BrF2N2. The van der Waals surface area contributed by atoms with Crippen molar-refractivity contribution in [3.05, 3.63) is 27.5 Å². The Morgan fingerprint density at radius 3 is 2.69 bits per heavy atom. The standard InChI is InChI=1S/C8H9BrF2N2/c1-4-2-5(3-12)13-7(6(4)9)8(10)11/h2,8H,3,12H2,1H3. The van der Waals surface area contributed by atoms with Gasteiger partial charge in [-0.25, -0.2) is 13.8 Å². The molecule has 0 aliphatic heterocycles. The fraction of sp³-hybridized carbons (Fsp3) is 0.375. The Bertz CT molecular complexity index is 315. The zero-order valence-electron chi connectivity index (χ0n) is 7.02. The molecule has 2 N–H and O–H groups in total. The summed E-state index contributed by atoms with van der Waals surface area (Å²) >= 11 is 3.06. The lowest BCUT2D eigenvalue weighted by molar-refractivity contribution is 0.145. The lowest BCUT2D eigenvalue weighted by atomic mass is 10.2. The highest BCUT2D eigenvalue weighted by molar-refractivity contribution is 9.10. The zero-order valence-corrected chi connectivity index (χ0v) is 8.61. The lowest BCUT2D eigenvalue weighted by Crippen LogP contribution is -2.04. The fourth-order valence-electron chi connectivity index (χ4n) is 1.00. The van der Waals surface area contributed by atoms with Gasteiger partial charge in [-0.15, -0.1) is 0 Å². The van der Waals surface area contributed by atoms with Crippen molar-refractivity contribution < 1.29 is 8.78 Å². The van der Waals surface area contributed by atoms with Gasteiger partial charge in [0.1, 0.15) is 5.69 Å². The largest absolute Gasteiger partial charge is 0.325 e. The van der Waals surface area contributed by atoms with Crippen LogP contribution in [0.5, 0.6) is 0 Å². The van der Waals surface area contributed by atoms with Gasteiger partial charge in [-0.1, -0.05) is 0 Å². The molecule has 0 aliphatic rings. The Hall–Kier alpha value is -0.550. The second-order valence-corrected chi connectivity index (χ2v) is 3.43. The van der Waals surface area contributed by atoms with Gasteiger partial charge in [0.05, 0.1) is 5.69 Å². The summed E-state index contributed by atoms with van der Waals surface area (Å²) in [5.74, 6) is 0. The summed E-state index contributed by atoms with van der Waals surface area (Å²) in [5, 5.41) is 0. The van der Waals surface area contributed by atoms with E-state index in [4.69, 9.17) is 5.73 Å². The fourth-order valence-corrected chi connectivity index (χ4v) is 1.38. The molecule has 0 aliphatic carbocycles. The van der Waals surface area contributed by atoms with E-state index in [-0.39, 0.29) is 12.2 Å². The van der Waals surface area contributed by atoms with Crippen molar-refractivity contribution in [3.8, 4) is 0 Å². The number of aryl methyl sites for hydroxylation is 1. The molecule has 1 aromatic rings. The quantitative estimate of drug-likeness (QED) is 0.877. The Morgan fingerprint density at radius 2 is 2.23 bits per heavy atom. The molecule has 1 aromatic heterocycles. The van der Waals surface area contributed by atoms with Gasteiger partial charge in [0.15, 0.2) is 0 Å². The highest BCUT2D eigenvalue weighted by atomic mass is 79.9. The van der Waals surface area contributed by atoms with E-state index in [9.17, 15) is 8.78 Å². The molecule has 1 heterocycles. The van der Waals surface area contributed by atoms with Crippen molar-refractivity contribution >= 4 is 15.9 Å². The number of halogens is 3. The molecule has 0 atom stereocenters. The third-order valence-electron chi connectivity index (χ3n) is 1.63. The van der Waals surface area contributed by atoms with Gasteiger partial charge < -0.3 is 5.73 Å². The summed E-state index contributed by atoms with van der Waals surface area (Å²) in [6, 6.07) is 1.69. The molecule has 0 bridgehead atoms. The lowest BCUT2D eigenvalue weighted by Gasteiger charge is -2.07. The van der Waals surface area contributed by atoms with Crippen LogP contribution in [-0.4, -0.2) is 4.98 Å². The number of hydrogen-bond acceptors (Lipinski definition) is 2. The number of pyridine rings is 1. The third-order valence-corrected chi connectivity index (χ3v) is 2.67. The van der Waals surface area contributed by atoms with E-state index in [1.165, 1.54) is 0 Å². The van der Waals surface area contributed by atoms with E-state index in [0.717, 1.165) is 5.56 Å². The average molecular weight is 251 g/mol. The highest BCUT2D eigenvalue weighted by Crippen LogP contribution is 2.28. The summed E-state index contributed by atoms with van der Waals surface area (Å²) in [7, 11) is 0. The first-order valence-corrected chi connectivity index (χ1v) is 4.49. The van der Waals surface area contributed by atoms with E-state index in [0.29, 0.717) is 10.2 Å². The van der Waals surface area contributed by atoms with Gasteiger partial charge in [0.2, 0.25) is 0 Å². The molecule has 0 amide bonds. The first-order valence-electron chi connectivity index (χ1n) is 3.70. The zero-order chi connectivity index (χ0) is 10.0. The molecule has 0 aromatic carbocycles. The Balaban J connectivity index is 3.25. The predicted octanol–water partition coefficient (Wildman–Crippen LogP) is 2.55. The number of nitrogens with zero attached hydrogens (tertiary/aromatic N) is 1. The third kappa shape index (κ3) is 2.22. The Kier molecular flexibility index (Phi) is 3.33. The van der Waals surface area contributed by atoms with Crippen molar-refractivity contribution in [2.45, 2.75) is 19.9 Å². The van der Waals surface area contributed by atoms with Crippen LogP contribution in [0.1, 0.15) is 23.4 Å². The summed E-state index contributed by atoms with van der Waals surface area (Å²) in [5.41, 5.74) is 6.29. The minimum atomic E-state index is -2.57. The van der Waals surface area contributed by atoms with E-state index in [1.807, 2.05) is 0 Å². The van der Waals surface area contributed by atoms with Crippen LogP contribution in [0.25, 0.3) is 0 Å². The maximum Gasteiger partial charge on any atom is 0.281 e. The second kappa shape index (κ2) is 4.11. The second-order valence-electron chi connectivity index (χ2n) is 2.63. The maximum atomic E-state index is 12.4. The molecule has 0 fully saturated rings. The molecule has 5 heteroatoms. The topological polar surface area (TPSA) is 38.9 Å². The van der Waals surface area contributed by atoms with Crippen molar-refractivity contribution in [2.75, 3.05) is 0 Å². The van der Waals surface area contributed by atoms with E-state index >= 15 is 0 Å². The van der Waals surface area contributed by atoms with Crippen LogP contribution in [0.3, 0.4) is 0 Å². The van der Waals surface area contributed by atoms with Gasteiger partial charge in [0, 0.05) is 11.0 Å². The van der Waals surface area contributed by atoms with Crippen molar-refractivity contribution in [1.29, 1.82) is 0 Å². The molecule has 2 nitrogen and oxygen atoms in total. The van der Waals surface area contributed by atoms with Gasteiger partial charge >= 0.3 is 0 Å². The number of aromatic nitrogens is 1. The first-order chi connectivity index (χ1) is 6.06. The Morgan fingerprint density at radius 1 is 1.62 bits per heavy atom. The minimum absolute atomic E-state index is 0.174. The average Bonchev–Trinajstić information content (AvgIpc) is 2.09. The van der Waals surface area contributed by atoms with Gasteiger partial charge in [-0.3, -0.25) is 0 Å². The van der Waals surface area contributed by atoms with Crippen molar-refractivity contribution in [2.24, 2.45) is 5.73 Å². The summed E-state index contributed by atoms with van der Waals surface area (Å²) in [4.78, 5) is 3.73. The molecule has 0 radical (unpaired) electrons. The molecule has 72 valence electrons. The maximum absolute atomic E-state index is 12.4. The van der Waals surface area contributed by atoms with Gasteiger partial charge in [-0.05, 0) is 34.5 Å². The minimum Gasteiger partial charge on any atom is -0.325 e. The smallest absolute Gasteiger partial charge is 0.281 e. The molecule has 0 unspecified atom stereocenters. The van der Waals surface area contributed by atoms with E-state index < -0.39 is 6.43 Å². The van der Waals surface area contributed by atoms with E-state index in [1.54, 1.807) is 13.0 Å². The molecule has 1 rings (SSSR count). The summed E-state index contributed by atoms with van der Waals surface area (Å²) in [6.45, 7) is 1.91. The number of alkyl halides is 2. The van der Waals surface area contributed by atoms with Gasteiger partial charge in [-0.2, -0.15) is 0 Å². The van der Waals surface area contributed by atoms with Crippen LogP contribution in [0, 0.1) is 6.92 Å². The van der Waals surface area contributed by atoms with Crippen molar-refractivity contribution in [3.63, 3.8) is 0 Å². The number of hydrogen-bond donors (Lipinski definition) is 1. The normalized spacial score (nSPS) is 10.9. The Labute approximate surface area is 83.3 Å². The van der Waals surface area contributed by atoms with Gasteiger partial charge in [0.25, 0.3) is 6.43 Å². The SMILES string of the molecule is Cc1cc(CN)nc(C(F)F)c1Br. The van der Waals surface area contributed by atoms with Crippen LogP contribution in [0.4, 0.5) is 8.78 Å². The molecule has 13 heavy (non-hydrogen) atoms. The number of rotatable bonds is 2. The van der Waals surface area contributed by atoms with Crippen LogP contribution in [-0.2, 0) is 6.54 Å². The summed E-state index contributed by atoms with van der Waals surface area (Å²) < 4.78 is 25.1. The van der Waals surface area contributed by atoms with Crippen LogP contribution in [0.15, 0.2) is 10.5 Å². The molecule has 0 saturated carbocycles. The summed E-state index contributed by atoms with van der Waals surface area (Å²) in [6.07, 6.45) is -2.57. The highest BCUT2D eigenvalue weighted by Gasteiger charge is 2.15.